The zero-order valence-electron chi connectivity index (χ0n) is 12.9. The lowest BCUT2D eigenvalue weighted by molar-refractivity contribution is 0.0741. The second-order valence-corrected chi connectivity index (χ2v) is 6.88. The first-order chi connectivity index (χ1) is 12.2. The van der Waals surface area contributed by atoms with Gasteiger partial charge in [-0.2, -0.15) is 0 Å². The Hall–Kier alpha value is -2.69. The van der Waals surface area contributed by atoms with Crippen molar-refractivity contribution in [3.63, 3.8) is 0 Å². The number of hydrogen-bond acceptors (Lipinski definition) is 4. The van der Waals surface area contributed by atoms with E-state index in [0.29, 0.717) is 27.1 Å². The fourth-order valence-corrected chi connectivity index (χ4v) is 4.14. The van der Waals surface area contributed by atoms with Crippen LogP contribution in [0.2, 0.25) is 5.02 Å². The Labute approximate surface area is 152 Å². The molecule has 0 saturated carbocycles. The van der Waals surface area contributed by atoms with Crippen molar-refractivity contribution in [2.45, 2.75) is 0 Å². The van der Waals surface area contributed by atoms with Crippen LogP contribution in [-0.2, 0) is 0 Å². The summed E-state index contributed by atoms with van der Waals surface area (Å²) in [5.74, 6) is -0.308. The molecule has 3 nitrogen and oxygen atoms in total. The molecule has 1 aromatic heterocycles. The molecule has 0 aliphatic heterocycles. The Morgan fingerprint density at radius 2 is 1.68 bits per heavy atom. The van der Waals surface area contributed by atoms with E-state index in [-0.39, 0.29) is 5.75 Å². The summed E-state index contributed by atoms with van der Waals surface area (Å²) < 4.78 is 6.51. The highest BCUT2D eigenvalue weighted by molar-refractivity contribution is 7.21. The number of carbonyl (C=O) groups excluding carboxylic acids is 2. The first-order valence-electron chi connectivity index (χ1n) is 7.55. The minimum absolute atomic E-state index is 0.256. The van der Waals surface area contributed by atoms with E-state index in [2.05, 4.69) is 0 Å². The third kappa shape index (κ3) is 2.69. The molecule has 0 atom stereocenters. The highest BCUT2D eigenvalue weighted by Crippen LogP contribution is 2.37. The molecular weight excluding hydrogens is 356 g/mol. The molecular formula is C20H11ClO3S. The SMILES string of the molecule is O=Cc1ccc2ccccc2c1OC(=O)c1sc2ccccc2c1Cl. The molecule has 0 aliphatic rings. The highest BCUT2D eigenvalue weighted by atomic mass is 35.5. The van der Waals surface area contributed by atoms with Crippen molar-refractivity contribution in [3.05, 3.63) is 76.1 Å². The molecule has 0 spiro atoms. The van der Waals surface area contributed by atoms with Crippen LogP contribution in [0.15, 0.2) is 60.7 Å². The number of hydrogen-bond donors (Lipinski definition) is 0. The van der Waals surface area contributed by atoms with Gasteiger partial charge in [-0.05, 0) is 17.5 Å². The molecule has 0 aliphatic carbocycles. The van der Waals surface area contributed by atoms with E-state index in [1.807, 2.05) is 54.6 Å². The van der Waals surface area contributed by atoms with Gasteiger partial charge >= 0.3 is 5.97 Å². The van der Waals surface area contributed by atoms with Crippen molar-refractivity contribution in [1.29, 1.82) is 0 Å². The molecule has 122 valence electrons. The Balaban J connectivity index is 1.81. The summed E-state index contributed by atoms with van der Waals surface area (Å²) in [4.78, 5) is 24.4. The number of carbonyl (C=O) groups is 2. The van der Waals surface area contributed by atoms with Gasteiger partial charge in [-0.3, -0.25) is 4.79 Å². The Morgan fingerprint density at radius 3 is 2.44 bits per heavy atom. The van der Waals surface area contributed by atoms with Crippen LogP contribution < -0.4 is 4.74 Å². The summed E-state index contributed by atoms with van der Waals surface area (Å²) in [7, 11) is 0. The van der Waals surface area contributed by atoms with Crippen LogP contribution in [-0.4, -0.2) is 12.3 Å². The summed E-state index contributed by atoms with van der Waals surface area (Å²) in [6, 6.07) is 18.4. The predicted octanol–water partition coefficient (Wildman–Crippen LogP) is 5.74. The van der Waals surface area contributed by atoms with Crippen molar-refractivity contribution < 1.29 is 14.3 Å². The van der Waals surface area contributed by atoms with Crippen molar-refractivity contribution in [1.82, 2.24) is 0 Å². The lowest BCUT2D eigenvalue weighted by Gasteiger charge is -2.09. The summed E-state index contributed by atoms with van der Waals surface area (Å²) in [5, 5.41) is 2.78. The normalized spacial score (nSPS) is 10.9. The number of thiophene rings is 1. The standard InChI is InChI=1S/C20H11ClO3S/c21-17-15-7-3-4-8-16(15)25-19(17)20(23)24-18-13(11-22)10-9-12-5-1-2-6-14(12)18/h1-11H. The number of ether oxygens (including phenoxy) is 1. The van der Waals surface area contributed by atoms with E-state index in [1.54, 1.807) is 6.07 Å². The van der Waals surface area contributed by atoms with E-state index >= 15 is 0 Å². The maximum atomic E-state index is 12.7. The van der Waals surface area contributed by atoms with E-state index in [9.17, 15) is 9.59 Å². The first kappa shape index (κ1) is 15.8. The quantitative estimate of drug-likeness (QED) is 0.264. The number of fused-ring (bicyclic) bond motifs is 2. The van der Waals surface area contributed by atoms with Gasteiger partial charge in [-0.1, -0.05) is 60.1 Å². The molecule has 0 saturated heterocycles. The maximum Gasteiger partial charge on any atom is 0.355 e. The summed E-state index contributed by atoms with van der Waals surface area (Å²) >= 11 is 7.63. The van der Waals surface area contributed by atoms with Gasteiger partial charge in [0.25, 0.3) is 0 Å². The van der Waals surface area contributed by atoms with Crippen LogP contribution in [0.1, 0.15) is 20.0 Å². The molecule has 0 bridgehead atoms. The average molecular weight is 367 g/mol. The molecule has 25 heavy (non-hydrogen) atoms. The van der Waals surface area contributed by atoms with Crippen LogP contribution in [0.3, 0.4) is 0 Å². The zero-order valence-corrected chi connectivity index (χ0v) is 14.4. The summed E-state index contributed by atoms with van der Waals surface area (Å²) in [6.07, 6.45) is 0.682. The molecule has 0 unspecified atom stereocenters. The Kier molecular flexibility index (Phi) is 3.99. The van der Waals surface area contributed by atoms with Gasteiger partial charge in [0, 0.05) is 15.5 Å². The van der Waals surface area contributed by atoms with Gasteiger partial charge in [0.1, 0.15) is 10.6 Å². The Morgan fingerprint density at radius 1 is 0.960 bits per heavy atom. The van der Waals surface area contributed by atoms with E-state index in [1.165, 1.54) is 11.3 Å². The van der Waals surface area contributed by atoms with Gasteiger partial charge in [-0.15, -0.1) is 11.3 Å². The molecule has 5 heteroatoms. The summed E-state index contributed by atoms with van der Waals surface area (Å²) in [5.41, 5.74) is 0.323. The van der Waals surface area contributed by atoms with Gasteiger partial charge in [0.05, 0.1) is 10.6 Å². The second kappa shape index (κ2) is 6.31. The second-order valence-electron chi connectivity index (χ2n) is 5.45. The van der Waals surface area contributed by atoms with Crippen LogP contribution in [0, 0.1) is 0 Å². The molecule has 0 N–H and O–H groups in total. The van der Waals surface area contributed by atoms with E-state index in [0.717, 1.165) is 15.5 Å². The van der Waals surface area contributed by atoms with Crippen LogP contribution in [0.25, 0.3) is 20.9 Å². The van der Waals surface area contributed by atoms with Gasteiger partial charge < -0.3 is 4.74 Å². The van der Waals surface area contributed by atoms with Gasteiger partial charge in [0.2, 0.25) is 0 Å². The van der Waals surface area contributed by atoms with Crippen LogP contribution >= 0.6 is 22.9 Å². The Bertz CT molecular complexity index is 1130. The topological polar surface area (TPSA) is 43.4 Å². The van der Waals surface area contributed by atoms with Gasteiger partial charge in [0.15, 0.2) is 6.29 Å². The van der Waals surface area contributed by atoms with E-state index in [4.69, 9.17) is 16.3 Å². The zero-order chi connectivity index (χ0) is 17.4. The molecule has 0 fully saturated rings. The molecule has 4 rings (SSSR count). The van der Waals surface area contributed by atoms with Crippen molar-refractivity contribution in [2.24, 2.45) is 0 Å². The number of aldehydes is 1. The third-order valence-corrected chi connectivity index (χ3v) is 5.61. The largest absolute Gasteiger partial charge is 0.421 e. The van der Waals surface area contributed by atoms with Crippen molar-refractivity contribution >= 4 is 56.1 Å². The highest BCUT2D eigenvalue weighted by Gasteiger charge is 2.21. The number of rotatable bonds is 3. The third-order valence-electron chi connectivity index (χ3n) is 3.95. The number of esters is 1. The van der Waals surface area contributed by atoms with Gasteiger partial charge in [-0.25, -0.2) is 4.79 Å². The summed E-state index contributed by atoms with van der Waals surface area (Å²) in [6.45, 7) is 0. The smallest absolute Gasteiger partial charge is 0.355 e. The molecule has 4 aromatic rings. The first-order valence-corrected chi connectivity index (χ1v) is 8.74. The molecule has 0 radical (unpaired) electrons. The van der Waals surface area contributed by atoms with E-state index < -0.39 is 5.97 Å². The van der Waals surface area contributed by atoms with Crippen molar-refractivity contribution in [2.75, 3.05) is 0 Å². The minimum Gasteiger partial charge on any atom is -0.421 e. The van der Waals surface area contributed by atoms with Crippen LogP contribution in [0.4, 0.5) is 0 Å². The van der Waals surface area contributed by atoms with Crippen LogP contribution in [0.5, 0.6) is 5.75 Å². The average Bonchev–Trinajstić information content (AvgIpc) is 2.99. The molecule has 0 amide bonds. The molecule has 3 aromatic carbocycles. The fourth-order valence-electron chi connectivity index (χ4n) is 2.75. The maximum absolute atomic E-state index is 12.7. The van der Waals surface area contributed by atoms with Crippen molar-refractivity contribution in [3.8, 4) is 5.75 Å². The number of benzene rings is 3. The fraction of sp³-hybridized carbons (Fsp3) is 0. The minimum atomic E-state index is -0.564. The lowest BCUT2D eigenvalue weighted by atomic mass is 10.1. The lowest BCUT2D eigenvalue weighted by Crippen LogP contribution is -2.09. The monoisotopic (exact) mass is 366 g/mol. The predicted molar refractivity (Wildman–Crippen MR) is 101 cm³/mol. The number of halogens is 1. The molecule has 1 heterocycles.